The highest BCUT2D eigenvalue weighted by Crippen LogP contribution is 2.40. The molecule has 0 spiro atoms. The number of amides is 1. The molecule has 3 rings (SSSR count). The number of nitrogens with one attached hydrogen (secondary N) is 2. The van der Waals surface area contributed by atoms with E-state index in [1.165, 1.54) is 0 Å². The Hall–Kier alpha value is -2.03. The van der Waals surface area contributed by atoms with Crippen LogP contribution in [0, 0.1) is 0 Å². The number of allylic oxidation sites excluding steroid dienone is 1. The molecule has 1 aliphatic heterocycles. The zero-order valence-corrected chi connectivity index (χ0v) is 14.7. The highest BCUT2D eigenvalue weighted by molar-refractivity contribution is 9.10. The summed E-state index contributed by atoms with van der Waals surface area (Å²) in [5.41, 5.74) is 6.94. The largest absolute Gasteiger partial charge is 0.493 e. The predicted octanol–water partition coefficient (Wildman–Crippen LogP) is 3.16. The monoisotopic (exact) mass is 391 g/mol. The lowest BCUT2D eigenvalue weighted by Crippen LogP contribution is -2.36. The van der Waals surface area contributed by atoms with Crippen molar-refractivity contribution >= 4 is 38.4 Å². The Bertz CT molecular complexity index is 829. The number of carbonyl (C=O) groups is 1. The number of rotatable bonds is 4. The molecular weight excluding hydrogens is 374 g/mol. The van der Waals surface area contributed by atoms with Gasteiger partial charge in [-0.25, -0.2) is 5.43 Å². The number of hydrazine groups is 1. The Morgan fingerprint density at radius 3 is 3.00 bits per heavy atom. The molecule has 0 saturated carbocycles. The molecule has 2 heterocycles. The second-order valence-electron chi connectivity index (χ2n) is 5.75. The number of aromatic nitrogens is 1. The second-order valence-corrected chi connectivity index (χ2v) is 6.66. The lowest BCUT2D eigenvalue weighted by molar-refractivity contribution is -0.120. The van der Waals surface area contributed by atoms with Crippen molar-refractivity contribution in [2.24, 2.45) is 10.2 Å². The molecule has 3 N–H and O–H groups in total. The highest BCUT2D eigenvalue weighted by atomic mass is 79.9. The fourth-order valence-corrected chi connectivity index (χ4v) is 3.12. The van der Waals surface area contributed by atoms with Gasteiger partial charge in [-0.2, -0.15) is 0 Å². The van der Waals surface area contributed by atoms with Gasteiger partial charge in [-0.1, -0.05) is 22.0 Å². The van der Waals surface area contributed by atoms with E-state index < -0.39 is 6.04 Å². The molecule has 1 amide bonds. The summed E-state index contributed by atoms with van der Waals surface area (Å²) in [5.74, 6) is -0.406. The fourth-order valence-electron chi connectivity index (χ4n) is 2.75. The Morgan fingerprint density at radius 1 is 1.54 bits per heavy atom. The number of aromatic hydroxyl groups is 1. The maximum absolute atomic E-state index is 12.1. The standard InChI is InChI=1S/C16H18BrN5O2/c1-3-6-22-13-5-4-10(17)8-11(13)14(16(22)24)20-21-15(23)12-7-9(2)18-19-12/h3-5,8-9,12,18-19,24H,1,6-7H2,2H3. The van der Waals surface area contributed by atoms with Gasteiger partial charge < -0.3 is 9.67 Å². The summed E-state index contributed by atoms with van der Waals surface area (Å²) in [5, 5.41) is 19.0. The van der Waals surface area contributed by atoms with Crippen molar-refractivity contribution in [3.63, 3.8) is 0 Å². The van der Waals surface area contributed by atoms with Crippen molar-refractivity contribution in [2.75, 3.05) is 0 Å². The highest BCUT2D eigenvalue weighted by Gasteiger charge is 2.27. The summed E-state index contributed by atoms with van der Waals surface area (Å²) in [4.78, 5) is 12.1. The first-order valence-electron chi connectivity index (χ1n) is 7.59. The molecule has 1 aliphatic rings. The maximum atomic E-state index is 12.1. The Labute approximate surface area is 147 Å². The predicted molar refractivity (Wildman–Crippen MR) is 95.2 cm³/mol. The molecule has 0 bridgehead atoms. The molecule has 7 nitrogen and oxygen atoms in total. The van der Waals surface area contributed by atoms with E-state index in [9.17, 15) is 9.90 Å². The van der Waals surface area contributed by atoms with Gasteiger partial charge in [-0.15, -0.1) is 16.8 Å². The molecule has 1 aromatic carbocycles. The van der Waals surface area contributed by atoms with E-state index in [2.05, 4.69) is 43.6 Å². The summed E-state index contributed by atoms with van der Waals surface area (Å²) >= 11 is 3.41. The molecule has 1 saturated heterocycles. The van der Waals surface area contributed by atoms with Crippen molar-refractivity contribution in [1.29, 1.82) is 0 Å². The first-order valence-corrected chi connectivity index (χ1v) is 8.38. The molecule has 2 aromatic rings. The average Bonchev–Trinajstić information content (AvgIpc) is 3.09. The van der Waals surface area contributed by atoms with Crippen LogP contribution in [0.1, 0.15) is 13.3 Å². The first kappa shape index (κ1) is 16.8. The van der Waals surface area contributed by atoms with Crippen LogP contribution in [-0.2, 0) is 11.3 Å². The molecule has 0 radical (unpaired) electrons. The van der Waals surface area contributed by atoms with Crippen molar-refractivity contribution in [3.05, 3.63) is 35.3 Å². The van der Waals surface area contributed by atoms with Gasteiger partial charge in [0, 0.05) is 22.4 Å². The lowest BCUT2D eigenvalue weighted by Gasteiger charge is -2.02. The Balaban J connectivity index is 1.97. The van der Waals surface area contributed by atoms with Crippen LogP contribution in [0.15, 0.2) is 45.6 Å². The van der Waals surface area contributed by atoms with Crippen LogP contribution in [0.5, 0.6) is 5.88 Å². The van der Waals surface area contributed by atoms with Crippen molar-refractivity contribution < 1.29 is 9.90 Å². The van der Waals surface area contributed by atoms with Gasteiger partial charge in [-0.3, -0.25) is 10.2 Å². The molecule has 0 aliphatic carbocycles. The Kier molecular flexibility index (Phi) is 4.79. The number of benzene rings is 1. The number of hydrogen-bond donors (Lipinski definition) is 3. The van der Waals surface area contributed by atoms with E-state index in [4.69, 9.17) is 0 Å². The minimum atomic E-state index is -0.404. The smallest absolute Gasteiger partial charge is 0.282 e. The number of hydrogen-bond acceptors (Lipinski definition) is 5. The van der Waals surface area contributed by atoms with Crippen molar-refractivity contribution in [2.45, 2.75) is 32.0 Å². The van der Waals surface area contributed by atoms with Gasteiger partial charge in [0.25, 0.3) is 5.91 Å². The molecule has 2 unspecified atom stereocenters. The number of carbonyl (C=O) groups excluding carboxylic acids is 1. The molecule has 1 fully saturated rings. The van der Waals surface area contributed by atoms with E-state index in [0.29, 0.717) is 18.4 Å². The van der Waals surface area contributed by atoms with Gasteiger partial charge in [0.05, 0.1) is 5.52 Å². The minimum absolute atomic E-state index is 0.0366. The van der Waals surface area contributed by atoms with Gasteiger partial charge >= 0.3 is 0 Å². The summed E-state index contributed by atoms with van der Waals surface area (Å²) in [6, 6.07) is 5.38. The van der Waals surface area contributed by atoms with Gasteiger partial charge in [0.2, 0.25) is 5.88 Å². The van der Waals surface area contributed by atoms with Crippen LogP contribution in [0.4, 0.5) is 5.69 Å². The maximum Gasteiger partial charge on any atom is 0.282 e. The molecule has 126 valence electrons. The van der Waals surface area contributed by atoms with E-state index >= 15 is 0 Å². The summed E-state index contributed by atoms with van der Waals surface area (Å²) in [6.45, 7) is 6.11. The molecule has 2 atom stereocenters. The van der Waals surface area contributed by atoms with Crippen LogP contribution >= 0.6 is 15.9 Å². The van der Waals surface area contributed by atoms with E-state index in [1.54, 1.807) is 10.6 Å². The topological polar surface area (TPSA) is 91.0 Å². The third-order valence-electron chi connectivity index (χ3n) is 3.92. The minimum Gasteiger partial charge on any atom is -0.493 e. The summed E-state index contributed by atoms with van der Waals surface area (Å²) in [7, 11) is 0. The van der Waals surface area contributed by atoms with Gasteiger partial charge in [-0.05, 0) is 31.5 Å². The second kappa shape index (κ2) is 6.84. The zero-order chi connectivity index (χ0) is 17.3. The molecular formula is C16H18BrN5O2. The van der Waals surface area contributed by atoms with Gasteiger partial charge in [0.1, 0.15) is 6.04 Å². The van der Waals surface area contributed by atoms with Crippen LogP contribution in [0.3, 0.4) is 0 Å². The average molecular weight is 392 g/mol. The lowest BCUT2D eigenvalue weighted by atomic mass is 10.1. The van der Waals surface area contributed by atoms with Crippen molar-refractivity contribution in [3.8, 4) is 5.88 Å². The van der Waals surface area contributed by atoms with Gasteiger partial charge in [0.15, 0.2) is 5.69 Å². The molecule has 24 heavy (non-hydrogen) atoms. The van der Waals surface area contributed by atoms with E-state index in [-0.39, 0.29) is 23.5 Å². The van der Waals surface area contributed by atoms with Crippen LogP contribution < -0.4 is 10.9 Å². The summed E-state index contributed by atoms with van der Waals surface area (Å²) in [6.07, 6.45) is 2.33. The summed E-state index contributed by atoms with van der Waals surface area (Å²) < 4.78 is 2.52. The molecule has 8 heteroatoms. The van der Waals surface area contributed by atoms with E-state index in [0.717, 1.165) is 9.99 Å². The van der Waals surface area contributed by atoms with Crippen LogP contribution in [-0.4, -0.2) is 27.7 Å². The normalized spacial score (nSPS) is 20.9. The number of halogens is 1. The van der Waals surface area contributed by atoms with Crippen LogP contribution in [0.2, 0.25) is 0 Å². The fraction of sp³-hybridized carbons (Fsp3) is 0.312. The molecule has 1 aromatic heterocycles. The number of fused-ring (bicyclic) bond motifs is 1. The zero-order valence-electron chi connectivity index (χ0n) is 13.2. The van der Waals surface area contributed by atoms with Crippen LogP contribution in [0.25, 0.3) is 10.9 Å². The third kappa shape index (κ3) is 3.12. The van der Waals surface area contributed by atoms with Crippen molar-refractivity contribution in [1.82, 2.24) is 15.4 Å². The number of nitrogens with zero attached hydrogens (tertiary/aromatic N) is 3. The SMILES string of the molecule is C=CCn1c(O)c(N=NC(=O)C2CC(C)NN2)c2cc(Br)ccc21. The Morgan fingerprint density at radius 2 is 2.33 bits per heavy atom. The number of azo groups is 1. The van der Waals surface area contributed by atoms with E-state index in [1.807, 2.05) is 25.1 Å². The third-order valence-corrected chi connectivity index (χ3v) is 4.42. The quantitative estimate of drug-likeness (QED) is 0.551. The first-order chi connectivity index (χ1) is 11.5.